The molecule has 1 rings (SSSR count). The fraction of sp³-hybridized carbons (Fsp3) is 0.818. The first kappa shape index (κ1) is 14.8. The van der Waals surface area contributed by atoms with Crippen molar-refractivity contribution in [3.8, 4) is 0 Å². The fourth-order valence-corrected chi connectivity index (χ4v) is 1.46. The second-order valence-electron chi connectivity index (χ2n) is 3.91. The summed E-state index contributed by atoms with van der Waals surface area (Å²) in [6, 6.07) is 0. The van der Waals surface area contributed by atoms with Gasteiger partial charge in [0.2, 0.25) is 0 Å². The molecule has 0 aromatic rings. The lowest BCUT2D eigenvalue weighted by atomic mass is 10.1. The number of alkyl halides is 2. The van der Waals surface area contributed by atoms with Crippen molar-refractivity contribution in [1.29, 1.82) is 0 Å². The number of hydrogen-bond acceptors (Lipinski definition) is 5. The molecule has 0 aliphatic carbocycles. The van der Waals surface area contributed by atoms with E-state index in [4.69, 9.17) is 9.47 Å². The molecule has 2 atom stereocenters. The number of halogens is 2. The SMILES string of the molecule is CCC(=O)OCC1OCC(F)(F)C1OC(=O)CC. The van der Waals surface area contributed by atoms with Crippen LogP contribution in [0.3, 0.4) is 0 Å². The van der Waals surface area contributed by atoms with Gasteiger partial charge in [-0.25, -0.2) is 0 Å². The molecule has 18 heavy (non-hydrogen) atoms. The topological polar surface area (TPSA) is 61.8 Å². The Morgan fingerprint density at radius 1 is 1.28 bits per heavy atom. The van der Waals surface area contributed by atoms with Crippen LogP contribution in [0.25, 0.3) is 0 Å². The minimum absolute atomic E-state index is 0.00591. The third-order valence-corrected chi connectivity index (χ3v) is 2.49. The second-order valence-corrected chi connectivity index (χ2v) is 3.91. The molecule has 1 aliphatic heterocycles. The van der Waals surface area contributed by atoms with E-state index in [1.165, 1.54) is 6.92 Å². The first-order chi connectivity index (χ1) is 8.40. The van der Waals surface area contributed by atoms with Crippen molar-refractivity contribution in [3.05, 3.63) is 0 Å². The molecule has 1 aliphatic rings. The van der Waals surface area contributed by atoms with Crippen molar-refractivity contribution in [2.45, 2.75) is 44.8 Å². The maximum absolute atomic E-state index is 13.4. The standard InChI is InChI=1S/C11H16F2O5/c1-3-8(14)16-5-7-10(18-9(15)4-2)11(12,13)6-17-7/h7,10H,3-6H2,1-2H3. The van der Waals surface area contributed by atoms with Crippen molar-refractivity contribution in [2.75, 3.05) is 13.2 Å². The molecule has 1 fully saturated rings. The molecule has 1 saturated heterocycles. The van der Waals surface area contributed by atoms with Crippen LogP contribution in [0.4, 0.5) is 8.78 Å². The van der Waals surface area contributed by atoms with Crippen LogP contribution < -0.4 is 0 Å². The highest BCUT2D eigenvalue weighted by Gasteiger charge is 2.54. The summed E-state index contributed by atoms with van der Waals surface area (Å²) in [4.78, 5) is 22.0. The lowest BCUT2D eigenvalue weighted by molar-refractivity contribution is -0.170. The Morgan fingerprint density at radius 3 is 2.44 bits per heavy atom. The molecule has 0 radical (unpaired) electrons. The number of carbonyl (C=O) groups excluding carboxylic acids is 2. The van der Waals surface area contributed by atoms with Gasteiger partial charge >= 0.3 is 17.9 Å². The zero-order valence-electron chi connectivity index (χ0n) is 10.3. The van der Waals surface area contributed by atoms with Crippen LogP contribution in [0.1, 0.15) is 26.7 Å². The Morgan fingerprint density at radius 2 is 1.89 bits per heavy atom. The molecule has 2 unspecified atom stereocenters. The highest BCUT2D eigenvalue weighted by molar-refractivity contribution is 5.69. The quantitative estimate of drug-likeness (QED) is 0.702. The van der Waals surface area contributed by atoms with Crippen LogP contribution in [0, 0.1) is 0 Å². The minimum Gasteiger partial charge on any atom is -0.463 e. The average molecular weight is 266 g/mol. The van der Waals surface area contributed by atoms with Gasteiger partial charge in [-0.1, -0.05) is 13.8 Å². The van der Waals surface area contributed by atoms with Crippen LogP contribution in [0.5, 0.6) is 0 Å². The van der Waals surface area contributed by atoms with E-state index < -0.39 is 36.7 Å². The van der Waals surface area contributed by atoms with E-state index in [0.717, 1.165) is 0 Å². The molecule has 0 spiro atoms. The van der Waals surface area contributed by atoms with E-state index in [1.807, 2.05) is 0 Å². The Kier molecular flexibility index (Phi) is 5.01. The van der Waals surface area contributed by atoms with Gasteiger partial charge in [0, 0.05) is 12.8 Å². The average Bonchev–Trinajstić information content (AvgIpc) is 2.62. The van der Waals surface area contributed by atoms with Crippen molar-refractivity contribution in [3.63, 3.8) is 0 Å². The predicted molar refractivity (Wildman–Crippen MR) is 56.1 cm³/mol. The number of carbonyl (C=O) groups is 2. The van der Waals surface area contributed by atoms with Gasteiger partial charge in [-0.05, 0) is 0 Å². The van der Waals surface area contributed by atoms with Crippen LogP contribution in [-0.2, 0) is 23.8 Å². The Bertz CT molecular complexity index is 319. The summed E-state index contributed by atoms with van der Waals surface area (Å²) < 4.78 is 41.0. The zero-order chi connectivity index (χ0) is 13.8. The molecule has 104 valence electrons. The zero-order valence-corrected chi connectivity index (χ0v) is 10.3. The molecule has 0 aromatic heterocycles. The van der Waals surface area contributed by atoms with E-state index in [1.54, 1.807) is 6.92 Å². The predicted octanol–water partition coefficient (Wildman–Crippen LogP) is 1.30. The number of hydrogen-bond donors (Lipinski definition) is 0. The van der Waals surface area contributed by atoms with Gasteiger partial charge in [-0.3, -0.25) is 9.59 Å². The summed E-state index contributed by atoms with van der Waals surface area (Å²) >= 11 is 0. The minimum atomic E-state index is -3.26. The van der Waals surface area contributed by atoms with Crippen LogP contribution in [0.15, 0.2) is 0 Å². The van der Waals surface area contributed by atoms with Gasteiger partial charge in [0.25, 0.3) is 0 Å². The molecular weight excluding hydrogens is 250 g/mol. The van der Waals surface area contributed by atoms with E-state index in [-0.39, 0.29) is 19.4 Å². The Balaban J connectivity index is 2.60. The van der Waals surface area contributed by atoms with Crippen LogP contribution in [-0.4, -0.2) is 43.3 Å². The summed E-state index contributed by atoms with van der Waals surface area (Å²) in [5.74, 6) is -4.51. The highest BCUT2D eigenvalue weighted by Crippen LogP contribution is 2.33. The van der Waals surface area contributed by atoms with Gasteiger partial charge < -0.3 is 14.2 Å². The molecule has 0 aromatic carbocycles. The normalized spacial score (nSPS) is 25.8. The van der Waals surface area contributed by atoms with Gasteiger partial charge in [-0.2, -0.15) is 8.78 Å². The maximum Gasteiger partial charge on any atom is 0.309 e. The first-order valence-corrected chi connectivity index (χ1v) is 5.75. The summed E-state index contributed by atoms with van der Waals surface area (Å²) in [7, 11) is 0. The molecule has 0 amide bonds. The Labute approximate surface area is 103 Å². The van der Waals surface area contributed by atoms with Crippen molar-refractivity contribution in [1.82, 2.24) is 0 Å². The number of rotatable bonds is 5. The molecule has 0 saturated carbocycles. The third-order valence-electron chi connectivity index (χ3n) is 2.49. The van der Waals surface area contributed by atoms with Gasteiger partial charge in [0.1, 0.15) is 19.3 Å². The number of esters is 2. The van der Waals surface area contributed by atoms with Crippen LogP contribution >= 0.6 is 0 Å². The summed E-state index contributed by atoms with van der Waals surface area (Å²) in [5.41, 5.74) is 0. The smallest absolute Gasteiger partial charge is 0.309 e. The van der Waals surface area contributed by atoms with Crippen molar-refractivity contribution < 1.29 is 32.6 Å². The highest BCUT2D eigenvalue weighted by atomic mass is 19.3. The lowest BCUT2D eigenvalue weighted by Crippen LogP contribution is -2.42. The fourth-order valence-electron chi connectivity index (χ4n) is 1.46. The molecular formula is C11H16F2O5. The summed E-state index contributed by atoms with van der Waals surface area (Å²) in [5, 5.41) is 0. The summed E-state index contributed by atoms with van der Waals surface area (Å²) in [6.45, 7) is 1.90. The van der Waals surface area contributed by atoms with E-state index >= 15 is 0 Å². The monoisotopic (exact) mass is 266 g/mol. The van der Waals surface area contributed by atoms with Crippen LogP contribution in [0.2, 0.25) is 0 Å². The van der Waals surface area contributed by atoms with E-state index in [2.05, 4.69) is 4.74 Å². The first-order valence-electron chi connectivity index (χ1n) is 5.75. The molecule has 0 N–H and O–H groups in total. The molecule has 5 nitrogen and oxygen atoms in total. The van der Waals surface area contributed by atoms with Crippen molar-refractivity contribution >= 4 is 11.9 Å². The summed E-state index contributed by atoms with van der Waals surface area (Å²) in [6.07, 6.45) is -2.68. The molecule has 7 heteroatoms. The largest absolute Gasteiger partial charge is 0.463 e. The van der Waals surface area contributed by atoms with E-state index in [0.29, 0.717) is 0 Å². The van der Waals surface area contributed by atoms with Gasteiger partial charge in [0.05, 0.1) is 0 Å². The molecule has 1 heterocycles. The third kappa shape index (κ3) is 3.63. The Hall–Kier alpha value is -1.24. The number of ether oxygens (including phenoxy) is 3. The van der Waals surface area contributed by atoms with Gasteiger partial charge in [-0.15, -0.1) is 0 Å². The van der Waals surface area contributed by atoms with E-state index in [9.17, 15) is 18.4 Å². The van der Waals surface area contributed by atoms with Crippen molar-refractivity contribution in [2.24, 2.45) is 0 Å². The molecule has 0 bridgehead atoms. The lowest BCUT2D eigenvalue weighted by Gasteiger charge is -2.22. The maximum atomic E-state index is 13.4. The second kappa shape index (κ2) is 6.08. The van der Waals surface area contributed by atoms with Gasteiger partial charge in [0.15, 0.2) is 6.10 Å².